The second kappa shape index (κ2) is 10.9. The van der Waals surface area contributed by atoms with Crippen LogP contribution in [0.25, 0.3) is 21.7 Å². The van der Waals surface area contributed by atoms with E-state index in [0.717, 1.165) is 28.1 Å². The average molecular weight is 461 g/mol. The van der Waals surface area contributed by atoms with E-state index in [4.69, 9.17) is 18.9 Å². The van der Waals surface area contributed by atoms with Crippen LogP contribution in [-0.4, -0.2) is 44.9 Å². The van der Waals surface area contributed by atoms with Gasteiger partial charge in [-0.05, 0) is 60.5 Å². The second-order valence-corrected chi connectivity index (χ2v) is 7.66. The van der Waals surface area contributed by atoms with E-state index in [0.29, 0.717) is 48.3 Å². The normalized spacial score (nSPS) is 10.9. The molecule has 176 valence electrons. The Morgan fingerprint density at radius 2 is 1.85 bits per heavy atom. The first-order valence-electron chi connectivity index (χ1n) is 11.2. The van der Waals surface area contributed by atoms with Gasteiger partial charge in [0.2, 0.25) is 0 Å². The molecule has 34 heavy (non-hydrogen) atoms. The molecule has 4 rings (SSSR count). The molecule has 0 aliphatic heterocycles. The number of methoxy groups -OCH3 is 2. The highest BCUT2D eigenvalue weighted by Gasteiger charge is 2.13. The number of amides is 1. The van der Waals surface area contributed by atoms with Crippen molar-refractivity contribution in [2.75, 3.05) is 34.0 Å². The van der Waals surface area contributed by atoms with Crippen LogP contribution in [-0.2, 0) is 4.74 Å². The van der Waals surface area contributed by atoms with Gasteiger partial charge in [0, 0.05) is 43.5 Å². The highest BCUT2D eigenvalue weighted by molar-refractivity contribution is 6.07. The number of aromatic nitrogens is 1. The molecule has 7 heteroatoms. The summed E-state index contributed by atoms with van der Waals surface area (Å²) in [7, 11) is 3.25. The number of pyridine rings is 1. The van der Waals surface area contributed by atoms with Crippen molar-refractivity contribution >= 4 is 27.6 Å². The maximum Gasteiger partial charge on any atom is 0.251 e. The molecule has 0 saturated heterocycles. The Morgan fingerprint density at radius 1 is 0.971 bits per heavy atom. The molecule has 0 aliphatic carbocycles. The van der Waals surface area contributed by atoms with Crippen LogP contribution in [0.2, 0.25) is 0 Å². The SMILES string of the molecule is CCOc1cc2nccc(Oc3ccc4c(C(=O)NCCCOC)cccc4c3)c2cc1OC. The molecule has 0 unspecified atom stereocenters. The molecular formula is C27H28N2O5. The summed E-state index contributed by atoms with van der Waals surface area (Å²) in [6.07, 6.45) is 2.47. The van der Waals surface area contributed by atoms with E-state index in [1.807, 2.05) is 61.5 Å². The molecule has 1 aromatic heterocycles. The number of fused-ring (bicyclic) bond motifs is 2. The predicted octanol–water partition coefficient (Wildman–Crippen LogP) is 5.35. The maximum absolute atomic E-state index is 12.7. The van der Waals surface area contributed by atoms with Gasteiger partial charge in [-0.15, -0.1) is 0 Å². The van der Waals surface area contributed by atoms with E-state index in [1.165, 1.54) is 0 Å². The van der Waals surface area contributed by atoms with Crippen LogP contribution in [0.4, 0.5) is 0 Å². The van der Waals surface area contributed by atoms with Crippen LogP contribution in [0, 0.1) is 0 Å². The zero-order valence-corrected chi connectivity index (χ0v) is 19.6. The summed E-state index contributed by atoms with van der Waals surface area (Å²) < 4.78 is 22.4. The Kier molecular flexibility index (Phi) is 7.44. The third-order valence-electron chi connectivity index (χ3n) is 5.42. The van der Waals surface area contributed by atoms with Gasteiger partial charge >= 0.3 is 0 Å². The summed E-state index contributed by atoms with van der Waals surface area (Å²) in [5, 5.41) is 5.53. The number of benzene rings is 3. The topological polar surface area (TPSA) is 78.9 Å². The van der Waals surface area contributed by atoms with E-state index >= 15 is 0 Å². The summed E-state index contributed by atoms with van der Waals surface area (Å²) in [6, 6.07) is 16.9. The van der Waals surface area contributed by atoms with Gasteiger partial charge in [-0.2, -0.15) is 0 Å². The molecule has 7 nitrogen and oxygen atoms in total. The fourth-order valence-corrected chi connectivity index (χ4v) is 3.81. The van der Waals surface area contributed by atoms with Crippen molar-refractivity contribution < 1.29 is 23.7 Å². The van der Waals surface area contributed by atoms with E-state index in [1.54, 1.807) is 20.4 Å². The monoisotopic (exact) mass is 460 g/mol. The number of nitrogens with one attached hydrogen (secondary N) is 1. The van der Waals surface area contributed by atoms with Gasteiger partial charge in [-0.25, -0.2) is 0 Å². The quantitative estimate of drug-likeness (QED) is 0.321. The average Bonchev–Trinajstić information content (AvgIpc) is 2.86. The summed E-state index contributed by atoms with van der Waals surface area (Å²) in [5.74, 6) is 2.46. The summed E-state index contributed by atoms with van der Waals surface area (Å²) in [6.45, 7) is 3.63. The Bertz CT molecular complexity index is 1310. The Hall–Kier alpha value is -3.84. The minimum absolute atomic E-state index is 0.104. The van der Waals surface area contributed by atoms with Crippen molar-refractivity contribution in [3.8, 4) is 23.0 Å². The van der Waals surface area contributed by atoms with Crippen molar-refractivity contribution in [3.05, 3.63) is 66.4 Å². The van der Waals surface area contributed by atoms with Crippen LogP contribution < -0.4 is 19.5 Å². The van der Waals surface area contributed by atoms with Crippen molar-refractivity contribution in [2.45, 2.75) is 13.3 Å². The molecule has 0 bridgehead atoms. The molecule has 1 heterocycles. The van der Waals surface area contributed by atoms with Gasteiger partial charge < -0.3 is 24.3 Å². The summed E-state index contributed by atoms with van der Waals surface area (Å²) in [5.41, 5.74) is 1.37. The molecule has 0 saturated carbocycles. The molecule has 0 spiro atoms. The lowest BCUT2D eigenvalue weighted by Crippen LogP contribution is -2.25. The smallest absolute Gasteiger partial charge is 0.251 e. The molecule has 0 fully saturated rings. The number of hydrogen-bond donors (Lipinski definition) is 1. The Labute approximate surface area is 198 Å². The summed E-state index contributed by atoms with van der Waals surface area (Å²) in [4.78, 5) is 17.1. The first kappa shape index (κ1) is 23.3. The lowest BCUT2D eigenvalue weighted by molar-refractivity contribution is 0.0950. The van der Waals surface area contributed by atoms with Gasteiger partial charge in [0.25, 0.3) is 5.91 Å². The minimum Gasteiger partial charge on any atom is -0.493 e. The number of carbonyl (C=O) groups is 1. The van der Waals surface area contributed by atoms with Gasteiger partial charge in [0.15, 0.2) is 11.5 Å². The fraction of sp³-hybridized carbons (Fsp3) is 0.259. The van der Waals surface area contributed by atoms with Crippen LogP contribution in [0.15, 0.2) is 60.8 Å². The molecule has 0 atom stereocenters. The molecule has 0 radical (unpaired) electrons. The molecule has 4 aromatic rings. The third-order valence-corrected chi connectivity index (χ3v) is 5.42. The summed E-state index contributed by atoms with van der Waals surface area (Å²) >= 11 is 0. The fourth-order valence-electron chi connectivity index (χ4n) is 3.81. The van der Waals surface area contributed by atoms with Gasteiger partial charge in [0.05, 0.1) is 19.2 Å². The van der Waals surface area contributed by atoms with Crippen molar-refractivity contribution in [3.63, 3.8) is 0 Å². The van der Waals surface area contributed by atoms with Crippen LogP contribution >= 0.6 is 0 Å². The molecule has 0 aliphatic rings. The lowest BCUT2D eigenvalue weighted by atomic mass is 10.0. The number of rotatable bonds is 10. The molecular weight excluding hydrogens is 432 g/mol. The minimum atomic E-state index is -0.104. The van der Waals surface area contributed by atoms with Crippen LogP contribution in [0.1, 0.15) is 23.7 Å². The van der Waals surface area contributed by atoms with Crippen molar-refractivity contribution in [2.24, 2.45) is 0 Å². The zero-order chi connectivity index (χ0) is 23.9. The Morgan fingerprint density at radius 3 is 2.65 bits per heavy atom. The third kappa shape index (κ3) is 5.05. The number of nitrogens with zero attached hydrogens (tertiary/aromatic N) is 1. The standard InChI is InChI=1S/C27H28N2O5/c1-4-33-26-17-23-22(16-25(26)32-3)24(11-13-28-23)34-19-9-10-20-18(15-19)7-5-8-21(20)27(30)29-12-6-14-31-2/h5,7-11,13,15-17H,4,6,12,14H2,1-3H3,(H,29,30). The van der Waals surface area contributed by atoms with E-state index in [2.05, 4.69) is 10.3 Å². The van der Waals surface area contributed by atoms with E-state index < -0.39 is 0 Å². The number of ether oxygens (including phenoxy) is 4. The zero-order valence-electron chi connectivity index (χ0n) is 19.6. The highest BCUT2D eigenvalue weighted by Crippen LogP contribution is 2.37. The van der Waals surface area contributed by atoms with Gasteiger partial charge in [-0.1, -0.05) is 12.1 Å². The largest absolute Gasteiger partial charge is 0.493 e. The molecule has 3 aromatic carbocycles. The molecule has 1 N–H and O–H groups in total. The van der Waals surface area contributed by atoms with Crippen molar-refractivity contribution in [1.82, 2.24) is 10.3 Å². The van der Waals surface area contributed by atoms with E-state index in [9.17, 15) is 4.79 Å². The Balaban J connectivity index is 1.62. The first-order valence-corrected chi connectivity index (χ1v) is 11.2. The van der Waals surface area contributed by atoms with Crippen LogP contribution in [0.5, 0.6) is 23.0 Å². The van der Waals surface area contributed by atoms with Crippen LogP contribution in [0.3, 0.4) is 0 Å². The number of hydrogen-bond acceptors (Lipinski definition) is 6. The first-order chi connectivity index (χ1) is 16.6. The second-order valence-electron chi connectivity index (χ2n) is 7.66. The number of carbonyl (C=O) groups excluding carboxylic acids is 1. The van der Waals surface area contributed by atoms with E-state index in [-0.39, 0.29) is 5.91 Å². The van der Waals surface area contributed by atoms with Gasteiger partial charge in [-0.3, -0.25) is 9.78 Å². The van der Waals surface area contributed by atoms with Crippen molar-refractivity contribution in [1.29, 1.82) is 0 Å². The predicted molar refractivity (Wildman–Crippen MR) is 132 cm³/mol. The lowest BCUT2D eigenvalue weighted by Gasteiger charge is -2.14. The maximum atomic E-state index is 12.7. The molecule has 1 amide bonds. The van der Waals surface area contributed by atoms with Gasteiger partial charge in [0.1, 0.15) is 11.5 Å². The highest BCUT2D eigenvalue weighted by atomic mass is 16.5.